The maximum absolute atomic E-state index is 4.74. The molecule has 1 aliphatic carbocycles. The molecule has 0 bridgehead atoms. The van der Waals surface area contributed by atoms with Crippen molar-refractivity contribution in [3.8, 4) is 0 Å². The van der Waals surface area contributed by atoms with E-state index in [4.69, 9.17) is 5.10 Å². The van der Waals surface area contributed by atoms with Crippen molar-refractivity contribution in [2.75, 3.05) is 18.0 Å². The first-order valence-corrected chi connectivity index (χ1v) is 6.89. The molecule has 1 saturated heterocycles. The van der Waals surface area contributed by atoms with E-state index in [0.717, 1.165) is 30.4 Å². The molecule has 0 amide bonds. The predicted molar refractivity (Wildman–Crippen MR) is 68.8 cm³/mol. The number of rotatable bonds is 2. The molecule has 2 aromatic heterocycles. The summed E-state index contributed by atoms with van der Waals surface area (Å²) >= 11 is 0. The van der Waals surface area contributed by atoms with Crippen molar-refractivity contribution in [3.63, 3.8) is 0 Å². The van der Waals surface area contributed by atoms with E-state index in [2.05, 4.69) is 21.2 Å². The lowest BCUT2D eigenvalue weighted by atomic mass is 9.85. The van der Waals surface area contributed by atoms with Gasteiger partial charge in [0.05, 0.1) is 0 Å². The Balaban J connectivity index is 1.77. The minimum atomic E-state index is 0.571. The van der Waals surface area contributed by atoms with Crippen molar-refractivity contribution in [3.05, 3.63) is 18.0 Å². The van der Waals surface area contributed by atoms with Crippen LogP contribution in [0, 0.1) is 0 Å². The van der Waals surface area contributed by atoms with Gasteiger partial charge in [-0.2, -0.15) is 4.52 Å². The van der Waals surface area contributed by atoms with Crippen molar-refractivity contribution in [2.24, 2.45) is 0 Å². The average Bonchev–Trinajstić information content (AvgIpc) is 2.96. The van der Waals surface area contributed by atoms with Gasteiger partial charge in [-0.05, 0) is 37.8 Å². The van der Waals surface area contributed by atoms with Crippen LogP contribution in [0.15, 0.2) is 12.1 Å². The fourth-order valence-electron chi connectivity index (χ4n) is 2.83. The minimum Gasteiger partial charge on any atom is -0.355 e. The number of anilines is 1. The maximum atomic E-state index is 4.74. The molecule has 0 radical (unpaired) electrons. The van der Waals surface area contributed by atoms with Crippen molar-refractivity contribution in [1.82, 2.24) is 19.8 Å². The van der Waals surface area contributed by atoms with E-state index in [-0.39, 0.29) is 0 Å². The molecule has 2 fully saturated rings. The summed E-state index contributed by atoms with van der Waals surface area (Å²) < 4.78 is 1.96. The molecule has 3 heterocycles. The molecule has 5 nitrogen and oxygen atoms in total. The second-order valence-corrected chi connectivity index (χ2v) is 5.34. The van der Waals surface area contributed by atoms with Crippen LogP contribution in [0.25, 0.3) is 5.65 Å². The van der Waals surface area contributed by atoms with Gasteiger partial charge in [0, 0.05) is 19.0 Å². The van der Waals surface area contributed by atoms with Gasteiger partial charge in [-0.3, -0.25) is 0 Å². The Morgan fingerprint density at radius 1 is 1.00 bits per heavy atom. The van der Waals surface area contributed by atoms with Gasteiger partial charge in [0.1, 0.15) is 5.82 Å². The summed E-state index contributed by atoms with van der Waals surface area (Å²) in [7, 11) is 0. The SMILES string of the molecule is c1cc2nnc(C3CCC3)n2nc1N1CCCC1. The largest absolute Gasteiger partial charge is 0.355 e. The van der Waals surface area contributed by atoms with Gasteiger partial charge in [-0.25, -0.2) is 0 Å². The summed E-state index contributed by atoms with van der Waals surface area (Å²) in [6, 6.07) is 4.11. The Hall–Kier alpha value is -1.65. The van der Waals surface area contributed by atoms with E-state index in [0.29, 0.717) is 5.92 Å². The van der Waals surface area contributed by atoms with Crippen LogP contribution in [0.2, 0.25) is 0 Å². The molecule has 18 heavy (non-hydrogen) atoms. The molecule has 0 unspecified atom stereocenters. The van der Waals surface area contributed by atoms with Crippen LogP contribution in [-0.2, 0) is 0 Å². The molecular formula is C13H17N5. The second-order valence-electron chi connectivity index (χ2n) is 5.34. The summed E-state index contributed by atoms with van der Waals surface area (Å²) in [5.41, 5.74) is 0.875. The second kappa shape index (κ2) is 3.93. The molecule has 1 aliphatic heterocycles. The summed E-state index contributed by atoms with van der Waals surface area (Å²) in [6.07, 6.45) is 6.33. The number of aromatic nitrogens is 4. The highest BCUT2D eigenvalue weighted by Crippen LogP contribution is 2.35. The molecule has 0 N–H and O–H groups in total. The number of hydrogen-bond acceptors (Lipinski definition) is 4. The minimum absolute atomic E-state index is 0.571. The number of fused-ring (bicyclic) bond motifs is 1. The lowest BCUT2D eigenvalue weighted by Crippen LogP contribution is -2.21. The monoisotopic (exact) mass is 243 g/mol. The van der Waals surface area contributed by atoms with Crippen LogP contribution in [0.4, 0.5) is 5.82 Å². The molecule has 2 aromatic rings. The van der Waals surface area contributed by atoms with Crippen LogP contribution >= 0.6 is 0 Å². The summed E-state index contributed by atoms with van der Waals surface area (Å²) in [5.74, 6) is 2.69. The third kappa shape index (κ3) is 1.50. The average molecular weight is 243 g/mol. The van der Waals surface area contributed by atoms with Crippen molar-refractivity contribution < 1.29 is 0 Å². The van der Waals surface area contributed by atoms with Gasteiger partial charge in [0.25, 0.3) is 0 Å². The number of hydrogen-bond donors (Lipinski definition) is 0. The Morgan fingerprint density at radius 2 is 1.83 bits per heavy atom. The Kier molecular flexibility index (Phi) is 2.25. The Morgan fingerprint density at radius 3 is 2.56 bits per heavy atom. The fourth-order valence-corrected chi connectivity index (χ4v) is 2.83. The molecular weight excluding hydrogens is 226 g/mol. The lowest BCUT2D eigenvalue weighted by Gasteiger charge is -2.23. The van der Waals surface area contributed by atoms with Gasteiger partial charge >= 0.3 is 0 Å². The van der Waals surface area contributed by atoms with E-state index in [1.54, 1.807) is 0 Å². The Labute approximate surface area is 106 Å². The normalized spacial score (nSPS) is 20.6. The third-order valence-electron chi connectivity index (χ3n) is 4.17. The van der Waals surface area contributed by atoms with Crippen molar-refractivity contribution >= 4 is 11.5 Å². The fraction of sp³-hybridized carbons (Fsp3) is 0.615. The zero-order chi connectivity index (χ0) is 11.9. The van der Waals surface area contributed by atoms with Crippen LogP contribution in [-0.4, -0.2) is 32.9 Å². The molecule has 5 heteroatoms. The highest BCUT2D eigenvalue weighted by atomic mass is 15.4. The Bertz CT molecular complexity index is 566. The molecule has 94 valence electrons. The number of nitrogens with zero attached hydrogens (tertiary/aromatic N) is 5. The predicted octanol–water partition coefficient (Wildman–Crippen LogP) is 1.99. The van der Waals surface area contributed by atoms with E-state index < -0.39 is 0 Å². The highest BCUT2D eigenvalue weighted by molar-refractivity contribution is 5.46. The summed E-state index contributed by atoms with van der Waals surface area (Å²) in [4.78, 5) is 2.35. The summed E-state index contributed by atoms with van der Waals surface area (Å²) in [5, 5.41) is 13.3. The molecule has 0 spiro atoms. The molecule has 4 rings (SSSR count). The van der Waals surface area contributed by atoms with Gasteiger partial charge in [0.15, 0.2) is 11.5 Å². The smallest absolute Gasteiger partial charge is 0.178 e. The zero-order valence-corrected chi connectivity index (χ0v) is 10.4. The van der Waals surface area contributed by atoms with E-state index in [1.165, 1.54) is 32.1 Å². The van der Waals surface area contributed by atoms with E-state index in [1.807, 2.05) is 10.6 Å². The lowest BCUT2D eigenvalue weighted by molar-refractivity contribution is 0.395. The molecule has 2 aliphatic rings. The first-order chi connectivity index (χ1) is 8.92. The first kappa shape index (κ1) is 10.3. The van der Waals surface area contributed by atoms with Gasteiger partial charge in [-0.15, -0.1) is 15.3 Å². The van der Waals surface area contributed by atoms with E-state index >= 15 is 0 Å². The van der Waals surface area contributed by atoms with E-state index in [9.17, 15) is 0 Å². The van der Waals surface area contributed by atoms with Crippen LogP contribution in [0.1, 0.15) is 43.8 Å². The van der Waals surface area contributed by atoms with Crippen LogP contribution < -0.4 is 4.90 Å². The van der Waals surface area contributed by atoms with Gasteiger partial charge < -0.3 is 4.90 Å². The molecule has 0 aromatic carbocycles. The molecule has 0 atom stereocenters. The van der Waals surface area contributed by atoms with Crippen LogP contribution in [0.5, 0.6) is 0 Å². The maximum Gasteiger partial charge on any atom is 0.178 e. The van der Waals surface area contributed by atoms with Gasteiger partial charge in [-0.1, -0.05) is 6.42 Å². The standard InChI is InChI=1S/C13H17N5/c1-2-9-17(8-1)12-7-6-11-14-15-13(18(11)16-12)10-4-3-5-10/h6-7,10H,1-5,8-9H2. The quantitative estimate of drug-likeness (QED) is 0.809. The van der Waals surface area contributed by atoms with Crippen LogP contribution in [0.3, 0.4) is 0 Å². The van der Waals surface area contributed by atoms with Crippen molar-refractivity contribution in [1.29, 1.82) is 0 Å². The summed E-state index contributed by atoms with van der Waals surface area (Å²) in [6.45, 7) is 2.25. The highest BCUT2D eigenvalue weighted by Gasteiger charge is 2.25. The van der Waals surface area contributed by atoms with Crippen molar-refractivity contribution in [2.45, 2.75) is 38.0 Å². The molecule has 1 saturated carbocycles. The zero-order valence-electron chi connectivity index (χ0n) is 10.4. The first-order valence-electron chi connectivity index (χ1n) is 6.89. The third-order valence-corrected chi connectivity index (χ3v) is 4.17. The van der Waals surface area contributed by atoms with Gasteiger partial charge in [0.2, 0.25) is 0 Å². The topological polar surface area (TPSA) is 46.3 Å².